The molecule has 0 radical (unpaired) electrons. The van der Waals surface area contributed by atoms with E-state index < -0.39 is 0 Å². The lowest BCUT2D eigenvalue weighted by Gasteiger charge is -2.13. The Morgan fingerprint density at radius 2 is 1.60 bits per heavy atom. The summed E-state index contributed by atoms with van der Waals surface area (Å²) in [5.74, 6) is 0.742. The number of amides is 2. The van der Waals surface area contributed by atoms with Crippen molar-refractivity contribution in [2.45, 2.75) is 27.2 Å². The minimum absolute atomic E-state index is 0.167. The second-order valence-electron chi connectivity index (χ2n) is 8.43. The first kappa shape index (κ1) is 26.4. The fourth-order valence-electron chi connectivity index (χ4n) is 3.16. The van der Waals surface area contributed by atoms with Crippen molar-refractivity contribution in [1.29, 1.82) is 0 Å². The minimum Gasteiger partial charge on any atom is -0.492 e. The number of nitrogens with one attached hydrogen (secondary N) is 3. The Labute approximate surface area is 219 Å². The van der Waals surface area contributed by atoms with Crippen molar-refractivity contribution in [2.24, 2.45) is 5.92 Å². The van der Waals surface area contributed by atoms with Gasteiger partial charge in [-0.05, 0) is 102 Å². The maximum absolute atomic E-state index is 12.6. The van der Waals surface area contributed by atoms with Gasteiger partial charge in [0, 0.05) is 22.5 Å². The number of ether oxygens (including phenoxy) is 1. The van der Waals surface area contributed by atoms with Crippen LogP contribution in [0.25, 0.3) is 0 Å². The molecule has 0 saturated heterocycles. The summed E-state index contributed by atoms with van der Waals surface area (Å²) >= 11 is 8.75. The van der Waals surface area contributed by atoms with E-state index in [1.165, 1.54) is 0 Å². The summed E-state index contributed by atoms with van der Waals surface area (Å²) in [5, 5.41) is 8.70. The quantitative estimate of drug-likeness (QED) is 0.275. The van der Waals surface area contributed by atoms with Gasteiger partial charge in [0.1, 0.15) is 5.75 Å². The highest BCUT2D eigenvalue weighted by Crippen LogP contribution is 2.26. The molecule has 0 fully saturated rings. The summed E-state index contributed by atoms with van der Waals surface area (Å²) in [6.07, 6.45) is 0.953. The lowest BCUT2D eigenvalue weighted by Crippen LogP contribution is -2.34. The number of carbonyl (C=O) groups excluding carboxylic acids is 2. The van der Waals surface area contributed by atoms with Crippen LogP contribution in [0.2, 0.25) is 0 Å². The van der Waals surface area contributed by atoms with Gasteiger partial charge in [-0.1, -0.05) is 32.0 Å². The van der Waals surface area contributed by atoms with Crippen LogP contribution in [0.4, 0.5) is 11.4 Å². The van der Waals surface area contributed by atoms with Gasteiger partial charge in [-0.25, -0.2) is 0 Å². The molecule has 0 heterocycles. The molecule has 3 rings (SSSR count). The third kappa shape index (κ3) is 7.90. The number of thiocarbonyl (C=S) groups is 1. The van der Waals surface area contributed by atoms with E-state index in [0.717, 1.165) is 12.0 Å². The second-order valence-corrected chi connectivity index (χ2v) is 9.69. The molecule has 0 aliphatic carbocycles. The standard InChI is InChI=1S/C27H28BrN3O3S/c1-17(2)14-15-34-24-13-8-19(16-23(24)28)25(32)31-27(35)30-21-11-9-20(10-12-21)29-26(33)22-7-5-4-6-18(22)3/h4-13,16-17H,14-15H2,1-3H3,(H,29,33)(H2,30,31,32,35). The third-order valence-electron chi connectivity index (χ3n) is 5.16. The van der Waals surface area contributed by atoms with E-state index in [-0.39, 0.29) is 16.9 Å². The zero-order valence-corrected chi connectivity index (χ0v) is 22.3. The Hall–Kier alpha value is -3.23. The lowest BCUT2D eigenvalue weighted by atomic mass is 10.1. The first-order valence-electron chi connectivity index (χ1n) is 11.2. The molecule has 0 bridgehead atoms. The average Bonchev–Trinajstić information content (AvgIpc) is 2.81. The van der Waals surface area contributed by atoms with Crippen molar-refractivity contribution in [1.82, 2.24) is 5.32 Å². The van der Waals surface area contributed by atoms with Gasteiger partial charge in [0.05, 0.1) is 11.1 Å². The number of hydrogen-bond acceptors (Lipinski definition) is 4. The molecule has 0 spiro atoms. The zero-order valence-electron chi connectivity index (χ0n) is 19.9. The molecule has 0 aromatic heterocycles. The van der Waals surface area contributed by atoms with Gasteiger partial charge in [-0.15, -0.1) is 0 Å². The van der Waals surface area contributed by atoms with Crippen LogP contribution in [0.15, 0.2) is 71.2 Å². The molecule has 0 atom stereocenters. The zero-order chi connectivity index (χ0) is 25.4. The Morgan fingerprint density at radius 3 is 2.23 bits per heavy atom. The van der Waals surface area contributed by atoms with Crippen LogP contribution in [0.1, 0.15) is 46.5 Å². The van der Waals surface area contributed by atoms with Gasteiger partial charge in [-0.2, -0.15) is 0 Å². The van der Waals surface area contributed by atoms with E-state index in [0.29, 0.717) is 45.2 Å². The molecule has 0 aliphatic heterocycles. The normalized spacial score (nSPS) is 10.5. The van der Waals surface area contributed by atoms with Crippen LogP contribution < -0.4 is 20.7 Å². The van der Waals surface area contributed by atoms with E-state index in [1.807, 2.05) is 25.1 Å². The highest BCUT2D eigenvalue weighted by Gasteiger charge is 2.12. The smallest absolute Gasteiger partial charge is 0.257 e. The maximum atomic E-state index is 12.6. The van der Waals surface area contributed by atoms with Crippen LogP contribution in [-0.4, -0.2) is 23.5 Å². The molecule has 8 heteroatoms. The highest BCUT2D eigenvalue weighted by atomic mass is 79.9. The number of carbonyl (C=O) groups is 2. The molecule has 0 saturated carbocycles. The Kier molecular flexibility index (Phi) is 9.39. The van der Waals surface area contributed by atoms with E-state index in [9.17, 15) is 9.59 Å². The maximum Gasteiger partial charge on any atom is 0.257 e. The van der Waals surface area contributed by atoms with Crippen molar-refractivity contribution in [2.75, 3.05) is 17.2 Å². The number of benzene rings is 3. The molecule has 0 aliphatic rings. The molecular formula is C27H28BrN3O3S. The van der Waals surface area contributed by atoms with Gasteiger partial charge >= 0.3 is 0 Å². The molecule has 3 aromatic rings. The molecular weight excluding hydrogens is 526 g/mol. The van der Waals surface area contributed by atoms with Crippen molar-refractivity contribution in [3.8, 4) is 5.75 Å². The van der Waals surface area contributed by atoms with Crippen molar-refractivity contribution >= 4 is 56.4 Å². The fraction of sp³-hybridized carbons (Fsp3) is 0.222. The van der Waals surface area contributed by atoms with E-state index >= 15 is 0 Å². The molecule has 6 nitrogen and oxygen atoms in total. The summed E-state index contributed by atoms with van der Waals surface area (Å²) in [5.41, 5.74) is 3.31. The molecule has 3 N–H and O–H groups in total. The summed E-state index contributed by atoms with van der Waals surface area (Å²) in [6.45, 7) is 6.79. The fourth-order valence-corrected chi connectivity index (χ4v) is 3.87. The van der Waals surface area contributed by atoms with E-state index in [2.05, 4.69) is 45.7 Å². The second kappa shape index (κ2) is 12.5. The van der Waals surface area contributed by atoms with Crippen LogP contribution in [0.3, 0.4) is 0 Å². The van der Waals surface area contributed by atoms with Gasteiger partial charge in [0.2, 0.25) is 0 Å². The van der Waals surface area contributed by atoms with Crippen LogP contribution in [-0.2, 0) is 0 Å². The predicted molar refractivity (Wildman–Crippen MR) is 148 cm³/mol. The van der Waals surface area contributed by atoms with Crippen molar-refractivity contribution in [3.05, 3.63) is 87.9 Å². The van der Waals surface area contributed by atoms with Crippen molar-refractivity contribution < 1.29 is 14.3 Å². The minimum atomic E-state index is -0.334. The highest BCUT2D eigenvalue weighted by molar-refractivity contribution is 9.10. The van der Waals surface area contributed by atoms with Crippen LogP contribution in [0, 0.1) is 12.8 Å². The number of rotatable bonds is 8. The Morgan fingerprint density at radius 1 is 0.943 bits per heavy atom. The molecule has 0 unspecified atom stereocenters. The van der Waals surface area contributed by atoms with E-state index in [4.69, 9.17) is 17.0 Å². The number of hydrogen-bond donors (Lipinski definition) is 3. The monoisotopic (exact) mass is 553 g/mol. The predicted octanol–water partition coefficient (Wildman–Crippen LogP) is 6.56. The third-order valence-corrected chi connectivity index (χ3v) is 5.99. The summed E-state index contributed by atoms with van der Waals surface area (Å²) < 4.78 is 6.47. The average molecular weight is 555 g/mol. The van der Waals surface area contributed by atoms with Gasteiger partial charge in [0.25, 0.3) is 11.8 Å². The first-order valence-corrected chi connectivity index (χ1v) is 12.4. The molecule has 2 amide bonds. The Balaban J connectivity index is 1.52. The van der Waals surface area contributed by atoms with Crippen LogP contribution in [0.5, 0.6) is 5.75 Å². The van der Waals surface area contributed by atoms with E-state index in [1.54, 1.807) is 48.5 Å². The molecule has 35 heavy (non-hydrogen) atoms. The largest absolute Gasteiger partial charge is 0.492 e. The lowest BCUT2D eigenvalue weighted by molar-refractivity contribution is 0.0976. The topological polar surface area (TPSA) is 79.5 Å². The van der Waals surface area contributed by atoms with Crippen LogP contribution >= 0.6 is 28.1 Å². The number of anilines is 2. The molecule has 182 valence electrons. The van der Waals surface area contributed by atoms with Gasteiger partial charge < -0.3 is 15.4 Å². The number of halogens is 1. The number of aryl methyl sites for hydroxylation is 1. The SMILES string of the molecule is Cc1ccccc1C(=O)Nc1ccc(NC(=S)NC(=O)c2ccc(OCCC(C)C)c(Br)c2)cc1. The molecule has 3 aromatic carbocycles. The first-order chi connectivity index (χ1) is 16.7. The Bertz CT molecular complexity index is 1210. The summed E-state index contributed by atoms with van der Waals surface area (Å²) in [6, 6.07) is 19.6. The summed E-state index contributed by atoms with van der Waals surface area (Å²) in [4.78, 5) is 25.1. The summed E-state index contributed by atoms with van der Waals surface area (Å²) in [7, 11) is 0. The van der Waals surface area contributed by atoms with Gasteiger partial charge in [-0.3, -0.25) is 14.9 Å². The van der Waals surface area contributed by atoms with Crippen molar-refractivity contribution in [3.63, 3.8) is 0 Å². The van der Waals surface area contributed by atoms with Gasteiger partial charge in [0.15, 0.2) is 5.11 Å².